The number of nitro groups is 1. The van der Waals surface area contributed by atoms with Gasteiger partial charge in [0.25, 0.3) is 11.6 Å². The zero-order valence-electron chi connectivity index (χ0n) is 15.8. The average Bonchev–Trinajstić information content (AvgIpc) is 2.71. The number of benzene rings is 2. The Labute approximate surface area is 173 Å². The van der Waals surface area contributed by atoms with Gasteiger partial charge in [0.2, 0.25) is 0 Å². The molecular formula is C20H22ClN5O3. The first-order chi connectivity index (χ1) is 14.0. The van der Waals surface area contributed by atoms with Gasteiger partial charge < -0.3 is 0 Å². The van der Waals surface area contributed by atoms with Crippen LogP contribution in [0.15, 0.2) is 53.6 Å². The second-order valence-corrected chi connectivity index (χ2v) is 7.22. The maximum Gasteiger partial charge on any atom is 0.278 e. The number of nitro benzene ring substituents is 1. The van der Waals surface area contributed by atoms with Gasteiger partial charge in [0.1, 0.15) is 0 Å². The molecule has 1 amide bonds. The van der Waals surface area contributed by atoms with E-state index < -0.39 is 4.92 Å². The third-order valence-electron chi connectivity index (χ3n) is 4.68. The predicted octanol–water partition coefficient (Wildman–Crippen LogP) is 2.52. The first kappa shape index (κ1) is 20.9. The number of hydrogen-bond acceptors (Lipinski definition) is 6. The van der Waals surface area contributed by atoms with Crippen LogP contribution in [0.4, 0.5) is 5.69 Å². The third-order valence-corrected chi connectivity index (χ3v) is 4.93. The summed E-state index contributed by atoms with van der Waals surface area (Å²) in [6.45, 7) is 4.41. The van der Waals surface area contributed by atoms with Crippen LogP contribution in [0.2, 0.25) is 5.02 Å². The zero-order valence-corrected chi connectivity index (χ0v) is 16.6. The molecule has 0 unspecified atom stereocenters. The van der Waals surface area contributed by atoms with E-state index in [1.807, 2.05) is 24.3 Å². The molecule has 0 atom stereocenters. The maximum atomic E-state index is 12.1. The number of piperazine rings is 1. The Hall–Kier alpha value is -2.81. The molecule has 1 heterocycles. The van der Waals surface area contributed by atoms with Gasteiger partial charge in [-0.3, -0.25) is 24.7 Å². The molecule has 9 heteroatoms. The molecule has 3 rings (SSSR count). The van der Waals surface area contributed by atoms with Crippen LogP contribution in [0, 0.1) is 10.1 Å². The monoisotopic (exact) mass is 415 g/mol. The summed E-state index contributed by atoms with van der Waals surface area (Å²) in [6.07, 6.45) is 1.29. The Morgan fingerprint density at radius 3 is 2.45 bits per heavy atom. The number of hydrazone groups is 1. The molecule has 1 aliphatic rings. The van der Waals surface area contributed by atoms with Gasteiger partial charge in [-0.05, 0) is 23.8 Å². The Bertz CT molecular complexity index is 880. The summed E-state index contributed by atoms with van der Waals surface area (Å²) in [4.78, 5) is 27.0. The third kappa shape index (κ3) is 6.35. The van der Waals surface area contributed by atoms with Crippen molar-refractivity contribution in [1.82, 2.24) is 15.2 Å². The van der Waals surface area contributed by atoms with Crippen LogP contribution < -0.4 is 5.43 Å². The summed E-state index contributed by atoms with van der Waals surface area (Å²) in [7, 11) is 0. The maximum absolute atomic E-state index is 12.1. The minimum absolute atomic E-state index is 0.0534. The number of nitrogens with one attached hydrogen (secondary N) is 1. The van der Waals surface area contributed by atoms with Gasteiger partial charge in [-0.15, -0.1) is 0 Å². The van der Waals surface area contributed by atoms with Crippen molar-refractivity contribution in [3.05, 3.63) is 74.8 Å². The molecule has 0 aliphatic carbocycles. The summed E-state index contributed by atoms with van der Waals surface area (Å²) in [5.41, 5.74) is 3.94. The Kier molecular flexibility index (Phi) is 7.29. The lowest BCUT2D eigenvalue weighted by molar-refractivity contribution is -0.385. The number of rotatable bonds is 7. The highest BCUT2D eigenvalue weighted by Gasteiger charge is 2.19. The number of carbonyl (C=O) groups is 1. The molecule has 1 saturated heterocycles. The van der Waals surface area contributed by atoms with E-state index in [0.29, 0.717) is 5.56 Å². The molecule has 0 aromatic heterocycles. The SMILES string of the molecule is O=C(CN1CCN(Cc2ccc(Cl)cc2)CC1)N/N=C\c1ccccc1[N+](=O)[O-]. The fourth-order valence-corrected chi connectivity index (χ4v) is 3.25. The lowest BCUT2D eigenvalue weighted by atomic mass is 10.2. The van der Waals surface area contributed by atoms with Gasteiger partial charge in [-0.1, -0.05) is 35.9 Å². The summed E-state index contributed by atoms with van der Waals surface area (Å²) in [5.74, 6) is -0.244. The Morgan fingerprint density at radius 1 is 1.10 bits per heavy atom. The smallest absolute Gasteiger partial charge is 0.278 e. The molecule has 2 aromatic rings. The van der Waals surface area contributed by atoms with Crippen LogP contribution in [0.25, 0.3) is 0 Å². The van der Waals surface area contributed by atoms with E-state index in [4.69, 9.17) is 11.6 Å². The van der Waals surface area contributed by atoms with Crippen molar-refractivity contribution in [2.24, 2.45) is 5.10 Å². The molecule has 0 saturated carbocycles. The molecule has 152 valence electrons. The highest BCUT2D eigenvalue weighted by molar-refractivity contribution is 6.30. The molecule has 1 N–H and O–H groups in total. The van der Waals surface area contributed by atoms with Gasteiger partial charge in [-0.25, -0.2) is 5.43 Å². The van der Waals surface area contributed by atoms with Gasteiger partial charge in [0.05, 0.1) is 23.2 Å². The summed E-state index contributed by atoms with van der Waals surface area (Å²) in [5, 5.41) is 15.6. The Balaban J connectivity index is 1.42. The second-order valence-electron chi connectivity index (χ2n) is 6.79. The fraction of sp³-hybridized carbons (Fsp3) is 0.300. The van der Waals surface area contributed by atoms with Crippen LogP contribution in [0.1, 0.15) is 11.1 Å². The van der Waals surface area contributed by atoms with Crippen LogP contribution in [0.5, 0.6) is 0 Å². The van der Waals surface area contributed by atoms with Crippen molar-refractivity contribution in [1.29, 1.82) is 0 Å². The largest absolute Gasteiger partial charge is 0.297 e. The molecular weight excluding hydrogens is 394 g/mol. The van der Waals surface area contributed by atoms with Crippen molar-refractivity contribution in [3.8, 4) is 0 Å². The predicted molar refractivity (Wildman–Crippen MR) is 112 cm³/mol. The number of amides is 1. The molecule has 0 spiro atoms. The molecule has 1 fully saturated rings. The summed E-state index contributed by atoms with van der Waals surface area (Å²) in [6, 6.07) is 14.1. The molecule has 29 heavy (non-hydrogen) atoms. The van der Waals surface area contributed by atoms with Crippen molar-refractivity contribution >= 4 is 29.4 Å². The van der Waals surface area contributed by atoms with Crippen LogP contribution in [-0.4, -0.2) is 59.6 Å². The van der Waals surface area contributed by atoms with Gasteiger partial charge >= 0.3 is 0 Å². The highest BCUT2D eigenvalue weighted by Crippen LogP contribution is 2.15. The topological polar surface area (TPSA) is 91.1 Å². The van der Waals surface area contributed by atoms with E-state index >= 15 is 0 Å². The summed E-state index contributed by atoms with van der Waals surface area (Å²) < 4.78 is 0. The fourth-order valence-electron chi connectivity index (χ4n) is 3.13. The van der Waals surface area contributed by atoms with E-state index in [1.54, 1.807) is 18.2 Å². The van der Waals surface area contributed by atoms with E-state index in [0.717, 1.165) is 37.7 Å². The number of nitrogens with zero attached hydrogens (tertiary/aromatic N) is 4. The quantitative estimate of drug-likeness (QED) is 0.426. The molecule has 2 aromatic carbocycles. The minimum atomic E-state index is -0.479. The normalized spacial score (nSPS) is 15.5. The standard InChI is InChI=1S/C20H22ClN5O3/c21-18-7-5-16(6-8-18)14-24-9-11-25(12-10-24)15-20(27)23-22-13-17-3-1-2-4-19(17)26(28)29/h1-8,13H,9-12,14-15H2,(H,23,27)/b22-13-. The highest BCUT2D eigenvalue weighted by atomic mass is 35.5. The second kappa shape index (κ2) is 10.1. The van der Waals surface area contributed by atoms with E-state index in [-0.39, 0.29) is 18.1 Å². The van der Waals surface area contributed by atoms with Crippen LogP contribution >= 0.6 is 11.6 Å². The number of hydrogen-bond donors (Lipinski definition) is 1. The zero-order chi connectivity index (χ0) is 20.6. The first-order valence-electron chi connectivity index (χ1n) is 9.26. The van der Waals surface area contributed by atoms with Crippen molar-refractivity contribution in [3.63, 3.8) is 0 Å². The Morgan fingerprint density at radius 2 is 1.76 bits per heavy atom. The van der Waals surface area contributed by atoms with E-state index in [1.165, 1.54) is 17.8 Å². The minimum Gasteiger partial charge on any atom is -0.297 e. The number of carbonyl (C=O) groups excluding carboxylic acids is 1. The lowest BCUT2D eigenvalue weighted by Crippen LogP contribution is -2.48. The lowest BCUT2D eigenvalue weighted by Gasteiger charge is -2.34. The van der Waals surface area contributed by atoms with Gasteiger partial charge in [-0.2, -0.15) is 5.10 Å². The van der Waals surface area contributed by atoms with E-state index in [2.05, 4.69) is 20.3 Å². The van der Waals surface area contributed by atoms with Crippen LogP contribution in [0.3, 0.4) is 0 Å². The first-order valence-corrected chi connectivity index (χ1v) is 9.63. The van der Waals surface area contributed by atoms with Crippen molar-refractivity contribution in [2.75, 3.05) is 32.7 Å². The van der Waals surface area contributed by atoms with Crippen molar-refractivity contribution in [2.45, 2.75) is 6.54 Å². The van der Waals surface area contributed by atoms with Gasteiger partial charge in [0, 0.05) is 43.8 Å². The number of para-hydroxylation sites is 1. The van der Waals surface area contributed by atoms with Crippen molar-refractivity contribution < 1.29 is 9.72 Å². The molecule has 1 aliphatic heterocycles. The molecule has 0 radical (unpaired) electrons. The molecule has 0 bridgehead atoms. The summed E-state index contributed by atoms with van der Waals surface area (Å²) >= 11 is 5.92. The van der Waals surface area contributed by atoms with E-state index in [9.17, 15) is 14.9 Å². The van der Waals surface area contributed by atoms with Gasteiger partial charge in [0.15, 0.2) is 0 Å². The van der Waals surface area contributed by atoms with Crippen LogP contribution in [-0.2, 0) is 11.3 Å². The number of halogens is 1. The average molecular weight is 416 g/mol. The molecule has 8 nitrogen and oxygen atoms in total.